The Morgan fingerprint density at radius 1 is 1.07 bits per heavy atom. The molecular formula is C23H29NO3. The van der Waals surface area contributed by atoms with Crippen LogP contribution in [0.5, 0.6) is 5.75 Å². The number of amides is 1. The summed E-state index contributed by atoms with van der Waals surface area (Å²) in [5.41, 5.74) is 1.43. The number of anilines is 1. The Morgan fingerprint density at radius 2 is 1.70 bits per heavy atom. The largest absolute Gasteiger partial charge is 0.497 e. The number of methoxy groups -OCH3 is 1. The molecule has 0 saturated carbocycles. The monoisotopic (exact) mass is 367 g/mol. The zero-order valence-electron chi connectivity index (χ0n) is 16.8. The molecule has 4 heteroatoms. The Bertz CT molecular complexity index is 745. The molecule has 0 bridgehead atoms. The minimum atomic E-state index is -0.564. The lowest BCUT2D eigenvalue weighted by molar-refractivity contribution is 0.0596. The second kappa shape index (κ2) is 9.26. The maximum Gasteiger partial charge on any atom is 0.418 e. The second-order valence-electron chi connectivity index (χ2n) is 7.56. The van der Waals surface area contributed by atoms with Gasteiger partial charge in [0.15, 0.2) is 0 Å². The molecule has 0 aromatic heterocycles. The van der Waals surface area contributed by atoms with Gasteiger partial charge >= 0.3 is 6.09 Å². The highest BCUT2D eigenvalue weighted by Gasteiger charge is 2.22. The molecule has 0 unspecified atom stereocenters. The number of rotatable bonds is 6. The van der Waals surface area contributed by atoms with Crippen LogP contribution in [-0.2, 0) is 11.2 Å². The number of nitrogens with zero attached hydrogens (tertiary/aromatic N) is 1. The fourth-order valence-corrected chi connectivity index (χ4v) is 2.59. The molecule has 0 aliphatic carbocycles. The van der Waals surface area contributed by atoms with Gasteiger partial charge in [-0.05, 0) is 62.9 Å². The second-order valence-corrected chi connectivity index (χ2v) is 7.56. The minimum Gasteiger partial charge on any atom is -0.497 e. The van der Waals surface area contributed by atoms with E-state index >= 15 is 0 Å². The van der Waals surface area contributed by atoms with Crippen molar-refractivity contribution in [1.29, 1.82) is 0 Å². The number of ether oxygens (including phenoxy) is 2. The molecule has 0 N–H and O–H groups in total. The van der Waals surface area contributed by atoms with Gasteiger partial charge in [0.2, 0.25) is 0 Å². The first-order valence-corrected chi connectivity index (χ1v) is 9.17. The number of carbonyl (C=O) groups is 1. The van der Waals surface area contributed by atoms with E-state index in [-0.39, 0.29) is 5.92 Å². The Labute approximate surface area is 162 Å². The van der Waals surface area contributed by atoms with E-state index < -0.39 is 11.7 Å². The van der Waals surface area contributed by atoms with Crippen molar-refractivity contribution in [2.45, 2.75) is 39.7 Å². The van der Waals surface area contributed by atoms with Crippen molar-refractivity contribution >= 4 is 11.8 Å². The molecule has 2 aromatic carbocycles. The molecule has 0 fully saturated rings. The summed E-state index contributed by atoms with van der Waals surface area (Å²) >= 11 is 0. The molecular weight excluding hydrogens is 338 g/mol. The van der Waals surface area contributed by atoms with Gasteiger partial charge in [-0.3, -0.25) is 4.90 Å². The lowest BCUT2D eigenvalue weighted by atomic mass is 10.0. The summed E-state index contributed by atoms with van der Waals surface area (Å²) in [4.78, 5) is 14.2. The first kappa shape index (κ1) is 20.6. The van der Waals surface area contributed by atoms with Crippen LogP contribution >= 0.6 is 0 Å². The van der Waals surface area contributed by atoms with E-state index in [1.165, 1.54) is 10.5 Å². The lowest BCUT2D eigenvalue weighted by Gasteiger charge is -2.25. The topological polar surface area (TPSA) is 38.8 Å². The van der Waals surface area contributed by atoms with E-state index in [1.54, 1.807) is 13.3 Å². The molecule has 0 heterocycles. The standard InChI is InChI=1S/C23H29NO3/c1-18(17-19-9-7-6-8-10-19)15-16-24(22(25)27-23(2,3)4)20-11-13-21(26-5)14-12-20/h6-16,18H,17H2,1-5H3/b16-15+/t18-/m0/s1. The molecule has 144 valence electrons. The summed E-state index contributed by atoms with van der Waals surface area (Å²) in [5, 5.41) is 0. The van der Waals surface area contributed by atoms with Gasteiger partial charge in [-0.1, -0.05) is 43.3 Å². The Balaban J connectivity index is 2.18. The lowest BCUT2D eigenvalue weighted by Crippen LogP contribution is -2.33. The van der Waals surface area contributed by atoms with Crippen LogP contribution in [0.15, 0.2) is 66.9 Å². The van der Waals surface area contributed by atoms with Crippen molar-refractivity contribution in [3.05, 3.63) is 72.4 Å². The Kier molecular flexibility index (Phi) is 7.05. The van der Waals surface area contributed by atoms with Gasteiger partial charge in [-0.15, -0.1) is 0 Å². The van der Waals surface area contributed by atoms with E-state index in [9.17, 15) is 4.79 Å². The fourth-order valence-electron chi connectivity index (χ4n) is 2.59. The third kappa shape index (κ3) is 6.81. The van der Waals surface area contributed by atoms with E-state index in [0.717, 1.165) is 17.9 Å². The van der Waals surface area contributed by atoms with Crippen LogP contribution in [0.1, 0.15) is 33.3 Å². The van der Waals surface area contributed by atoms with Crippen molar-refractivity contribution in [3.63, 3.8) is 0 Å². The van der Waals surface area contributed by atoms with Crippen molar-refractivity contribution in [2.24, 2.45) is 5.92 Å². The summed E-state index contributed by atoms with van der Waals surface area (Å²) in [7, 11) is 1.62. The third-order valence-electron chi connectivity index (χ3n) is 3.90. The maximum absolute atomic E-state index is 12.7. The van der Waals surface area contributed by atoms with Crippen molar-refractivity contribution in [1.82, 2.24) is 0 Å². The normalized spacial score (nSPS) is 12.6. The first-order chi connectivity index (χ1) is 12.8. The van der Waals surface area contributed by atoms with Crippen LogP contribution in [-0.4, -0.2) is 18.8 Å². The highest BCUT2D eigenvalue weighted by Crippen LogP contribution is 2.23. The zero-order chi connectivity index (χ0) is 19.9. The Hall–Kier alpha value is -2.75. The summed E-state index contributed by atoms with van der Waals surface area (Å²) < 4.78 is 10.8. The van der Waals surface area contributed by atoms with E-state index in [2.05, 4.69) is 19.1 Å². The van der Waals surface area contributed by atoms with Crippen LogP contribution in [0.25, 0.3) is 0 Å². The SMILES string of the molecule is COc1ccc(N(/C=C/[C@H](C)Cc2ccccc2)C(=O)OC(C)(C)C)cc1. The van der Waals surface area contributed by atoms with Crippen LogP contribution in [0.4, 0.5) is 10.5 Å². The molecule has 0 saturated heterocycles. The number of allylic oxidation sites excluding steroid dienone is 1. The van der Waals surface area contributed by atoms with Crippen molar-refractivity contribution < 1.29 is 14.3 Å². The number of hydrogen-bond donors (Lipinski definition) is 0. The van der Waals surface area contributed by atoms with Crippen molar-refractivity contribution in [3.8, 4) is 5.75 Å². The summed E-state index contributed by atoms with van der Waals surface area (Å²) in [6.07, 6.45) is 4.32. The molecule has 2 rings (SSSR count). The third-order valence-corrected chi connectivity index (χ3v) is 3.90. The van der Waals surface area contributed by atoms with E-state index in [4.69, 9.17) is 9.47 Å². The summed E-state index contributed by atoms with van der Waals surface area (Å²) in [6, 6.07) is 17.6. The highest BCUT2D eigenvalue weighted by molar-refractivity contribution is 5.90. The quantitative estimate of drug-likeness (QED) is 0.645. The number of hydrogen-bond acceptors (Lipinski definition) is 3. The summed E-state index contributed by atoms with van der Waals surface area (Å²) in [5.74, 6) is 1.01. The number of carbonyl (C=O) groups excluding carboxylic acids is 1. The van der Waals surface area contributed by atoms with E-state index in [0.29, 0.717) is 0 Å². The van der Waals surface area contributed by atoms with Gasteiger partial charge in [0.1, 0.15) is 11.4 Å². The predicted molar refractivity (Wildman–Crippen MR) is 110 cm³/mol. The zero-order valence-corrected chi connectivity index (χ0v) is 16.8. The van der Waals surface area contributed by atoms with Crippen LogP contribution in [0.2, 0.25) is 0 Å². The first-order valence-electron chi connectivity index (χ1n) is 9.17. The molecule has 0 aliphatic rings. The smallest absolute Gasteiger partial charge is 0.418 e. The average Bonchev–Trinajstić information content (AvgIpc) is 2.61. The van der Waals surface area contributed by atoms with Gasteiger partial charge in [0.25, 0.3) is 0 Å². The van der Waals surface area contributed by atoms with E-state index in [1.807, 2.05) is 69.3 Å². The molecule has 0 aliphatic heterocycles. The fraction of sp³-hybridized carbons (Fsp3) is 0.348. The van der Waals surface area contributed by atoms with Crippen LogP contribution < -0.4 is 9.64 Å². The van der Waals surface area contributed by atoms with Gasteiger partial charge in [-0.25, -0.2) is 4.79 Å². The van der Waals surface area contributed by atoms with Gasteiger partial charge in [0, 0.05) is 6.20 Å². The average molecular weight is 367 g/mol. The molecule has 2 aromatic rings. The molecule has 0 radical (unpaired) electrons. The molecule has 4 nitrogen and oxygen atoms in total. The minimum absolute atomic E-state index is 0.274. The van der Waals surface area contributed by atoms with Gasteiger partial charge in [0.05, 0.1) is 12.8 Å². The van der Waals surface area contributed by atoms with Crippen molar-refractivity contribution in [2.75, 3.05) is 12.0 Å². The Morgan fingerprint density at radius 3 is 2.26 bits per heavy atom. The number of benzene rings is 2. The van der Waals surface area contributed by atoms with Gasteiger partial charge in [-0.2, -0.15) is 0 Å². The molecule has 1 amide bonds. The molecule has 0 spiro atoms. The molecule has 27 heavy (non-hydrogen) atoms. The maximum atomic E-state index is 12.7. The predicted octanol–water partition coefficient (Wildman–Crippen LogP) is 5.83. The summed E-state index contributed by atoms with van der Waals surface area (Å²) in [6.45, 7) is 7.71. The molecule has 1 atom stereocenters. The van der Waals surface area contributed by atoms with Gasteiger partial charge < -0.3 is 9.47 Å². The van der Waals surface area contributed by atoms with Crippen LogP contribution in [0.3, 0.4) is 0 Å². The van der Waals surface area contributed by atoms with Crippen LogP contribution in [0, 0.1) is 5.92 Å². The highest BCUT2D eigenvalue weighted by atomic mass is 16.6.